The van der Waals surface area contributed by atoms with Crippen molar-refractivity contribution in [2.24, 2.45) is 5.73 Å². The molecule has 0 fully saturated rings. The average Bonchev–Trinajstić information content (AvgIpc) is 2.19. The third-order valence-corrected chi connectivity index (χ3v) is 2.33. The molecule has 0 bridgehead atoms. The van der Waals surface area contributed by atoms with E-state index in [1.807, 2.05) is 32.0 Å². The molecule has 0 unspecified atom stereocenters. The highest BCUT2D eigenvalue weighted by Gasteiger charge is 2.05. The van der Waals surface area contributed by atoms with Crippen LogP contribution in [0.25, 0.3) is 6.08 Å². The molecule has 0 saturated heterocycles. The molecule has 15 heavy (non-hydrogen) atoms. The summed E-state index contributed by atoms with van der Waals surface area (Å²) in [6.07, 6.45) is 1.52. The number of benzene rings is 1. The topological polar surface area (TPSA) is 66.9 Å². The minimum atomic E-state index is -0.696. The summed E-state index contributed by atoms with van der Waals surface area (Å²) >= 11 is 0. The molecule has 0 heterocycles. The lowest BCUT2D eigenvalue weighted by Crippen LogP contribution is -2.12. The van der Waals surface area contributed by atoms with Crippen molar-refractivity contribution in [2.45, 2.75) is 13.8 Å². The monoisotopic (exact) mass is 200 g/mol. The number of amides is 1. The zero-order valence-corrected chi connectivity index (χ0v) is 8.74. The standard InChI is InChI=1S/C12H12N2O/c1-8-4-3-5-10(9(8)2)6-11(7-13)12(14)15/h3-6H,1-2H3,(H2,14,15)/b11-6+. The van der Waals surface area contributed by atoms with Crippen molar-refractivity contribution in [1.29, 1.82) is 5.26 Å². The van der Waals surface area contributed by atoms with Gasteiger partial charge in [0.1, 0.15) is 11.6 Å². The molecule has 0 aliphatic rings. The Morgan fingerprint density at radius 1 is 1.47 bits per heavy atom. The highest BCUT2D eigenvalue weighted by atomic mass is 16.1. The molecule has 1 rings (SSSR count). The number of nitriles is 1. The second-order valence-corrected chi connectivity index (χ2v) is 3.32. The van der Waals surface area contributed by atoms with Crippen LogP contribution in [0.15, 0.2) is 23.8 Å². The van der Waals surface area contributed by atoms with Crippen LogP contribution in [0.2, 0.25) is 0 Å². The molecule has 1 amide bonds. The normalized spacial score (nSPS) is 10.9. The lowest BCUT2D eigenvalue weighted by Gasteiger charge is -2.03. The van der Waals surface area contributed by atoms with E-state index in [1.54, 1.807) is 6.07 Å². The van der Waals surface area contributed by atoms with E-state index < -0.39 is 5.91 Å². The number of primary amides is 1. The minimum absolute atomic E-state index is 0.0244. The highest BCUT2D eigenvalue weighted by Crippen LogP contribution is 2.15. The first kappa shape index (κ1) is 11.0. The van der Waals surface area contributed by atoms with E-state index in [0.717, 1.165) is 16.7 Å². The fourth-order valence-electron chi connectivity index (χ4n) is 1.24. The summed E-state index contributed by atoms with van der Waals surface area (Å²) in [5.41, 5.74) is 8.05. The second-order valence-electron chi connectivity index (χ2n) is 3.32. The van der Waals surface area contributed by atoms with Crippen molar-refractivity contribution in [3.8, 4) is 6.07 Å². The molecule has 0 spiro atoms. The van der Waals surface area contributed by atoms with Gasteiger partial charge in [-0.15, -0.1) is 0 Å². The molecule has 0 aliphatic heterocycles. The summed E-state index contributed by atoms with van der Waals surface area (Å²) in [7, 11) is 0. The molecule has 1 aromatic rings. The fourth-order valence-corrected chi connectivity index (χ4v) is 1.24. The molecule has 0 aromatic heterocycles. The van der Waals surface area contributed by atoms with Gasteiger partial charge in [0.05, 0.1) is 0 Å². The number of nitrogens with two attached hydrogens (primary N) is 1. The number of carbonyl (C=O) groups is 1. The lowest BCUT2D eigenvalue weighted by atomic mass is 10.0. The van der Waals surface area contributed by atoms with Crippen LogP contribution in [-0.4, -0.2) is 5.91 Å². The Labute approximate surface area is 88.8 Å². The Kier molecular flexibility index (Phi) is 3.25. The largest absolute Gasteiger partial charge is 0.365 e. The molecule has 0 radical (unpaired) electrons. The highest BCUT2D eigenvalue weighted by molar-refractivity contribution is 6.00. The van der Waals surface area contributed by atoms with E-state index in [0.29, 0.717) is 0 Å². The molecule has 3 nitrogen and oxygen atoms in total. The van der Waals surface area contributed by atoms with Gasteiger partial charge in [-0.2, -0.15) is 5.26 Å². The van der Waals surface area contributed by atoms with Crippen molar-refractivity contribution < 1.29 is 4.79 Å². The number of rotatable bonds is 2. The molecule has 2 N–H and O–H groups in total. The van der Waals surface area contributed by atoms with Crippen LogP contribution < -0.4 is 5.73 Å². The van der Waals surface area contributed by atoms with Gasteiger partial charge in [-0.25, -0.2) is 0 Å². The zero-order chi connectivity index (χ0) is 11.4. The minimum Gasteiger partial charge on any atom is -0.365 e. The van der Waals surface area contributed by atoms with Gasteiger partial charge in [0.2, 0.25) is 0 Å². The SMILES string of the molecule is Cc1cccc(/C=C(\C#N)C(N)=O)c1C. The number of aryl methyl sites for hydroxylation is 1. The first-order chi connectivity index (χ1) is 7.06. The molecule has 0 atom stereocenters. The Hall–Kier alpha value is -2.08. The van der Waals surface area contributed by atoms with Gasteiger partial charge in [-0.05, 0) is 36.6 Å². The van der Waals surface area contributed by atoms with Crippen LogP contribution in [0.5, 0.6) is 0 Å². The Morgan fingerprint density at radius 2 is 2.13 bits per heavy atom. The van der Waals surface area contributed by atoms with Crippen LogP contribution in [0.1, 0.15) is 16.7 Å². The lowest BCUT2D eigenvalue weighted by molar-refractivity contribution is -0.114. The van der Waals surface area contributed by atoms with Crippen molar-refractivity contribution in [2.75, 3.05) is 0 Å². The van der Waals surface area contributed by atoms with Gasteiger partial charge in [-0.3, -0.25) is 4.79 Å². The first-order valence-corrected chi connectivity index (χ1v) is 4.54. The summed E-state index contributed by atoms with van der Waals surface area (Å²) < 4.78 is 0. The Bertz CT molecular complexity index is 467. The third kappa shape index (κ3) is 2.44. The zero-order valence-electron chi connectivity index (χ0n) is 8.74. The van der Waals surface area contributed by atoms with Gasteiger partial charge in [0.15, 0.2) is 0 Å². The van der Waals surface area contributed by atoms with Crippen LogP contribution in [-0.2, 0) is 4.79 Å². The summed E-state index contributed by atoms with van der Waals surface area (Å²) in [4.78, 5) is 10.9. The van der Waals surface area contributed by atoms with Crippen LogP contribution in [0.4, 0.5) is 0 Å². The molecule has 0 saturated carbocycles. The maximum absolute atomic E-state index is 10.9. The van der Waals surface area contributed by atoms with E-state index in [-0.39, 0.29) is 5.57 Å². The number of nitrogens with zero attached hydrogens (tertiary/aromatic N) is 1. The van der Waals surface area contributed by atoms with Gasteiger partial charge in [-0.1, -0.05) is 18.2 Å². The summed E-state index contributed by atoms with van der Waals surface area (Å²) in [6.45, 7) is 3.92. The Morgan fingerprint density at radius 3 is 2.67 bits per heavy atom. The molecular formula is C12H12N2O. The van der Waals surface area contributed by atoms with E-state index in [4.69, 9.17) is 11.0 Å². The van der Waals surface area contributed by atoms with Crippen molar-refractivity contribution in [1.82, 2.24) is 0 Å². The maximum Gasteiger partial charge on any atom is 0.259 e. The van der Waals surface area contributed by atoms with E-state index in [9.17, 15) is 4.79 Å². The molecule has 3 heteroatoms. The van der Waals surface area contributed by atoms with Gasteiger partial charge < -0.3 is 5.73 Å². The van der Waals surface area contributed by atoms with Gasteiger partial charge in [0, 0.05) is 0 Å². The van der Waals surface area contributed by atoms with Gasteiger partial charge >= 0.3 is 0 Å². The first-order valence-electron chi connectivity index (χ1n) is 4.54. The van der Waals surface area contributed by atoms with Crippen LogP contribution in [0, 0.1) is 25.2 Å². The Balaban J connectivity index is 3.25. The van der Waals surface area contributed by atoms with Crippen LogP contribution >= 0.6 is 0 Å². The van der Waals surface area contributed by atoms with Crippen molar-refractivity contribution in [3.05, 3.63) is 40.5 Å². The van der Waals surface area contributed by atoms with Gasteiger partial charge in [0.25, 0.3) is 5.91 Å². The average molecular weight is 200 g/mol. The summed E-state index contributed by atoms with van der Waals surface area (Å²) in [5, 5.41) is 8.70. The molecule has 1 aromatic carbocycles. The summed E-state index contributed by atoms with van der Waals surface area (Å²) in [5.74, 6) is -0.696. The molecular weight excluding hydrogens is 188 g/mol. The van der Waals surface area contributed by atoms with E-state index >= 15 is 0 Å². The number of hydrogen-bond donors (Lipinski definition) is 1. The van der Waals surface area contributed by atoms with Crippen LogP contribution in [0.3, 0.4) is 0 Å². The van der Waals surface area contributed by atoms with E-state index in [1.165, 1.54) is 6.08 Å². The predicted octanol–water partition coefficient (Wildman–Crippen LogP) is 1.70. The number of carbonyl (C=O) groups excluding carboxylic acids is 1. The molecule has 0 aliphatic carbocycles. The third-order valence-electron chi connectivity index (χ3n) is 2.33. The number of hydrogen-bond acceptors (Lipinski definition) is 2. The predicted molar refractivity (Wildman–Crippen MR) is 58.7 cm³/mol. The quantitative estimate of drug-likeness (QED) is 0.583. The fraction of sp³-hybridized carbons (Fsp3) is 0.167. The van der Waals surface area contributed by atoms with E-state index in [2.05, 4.69) is 0 Å². The maximum atomic E-state index is 10.9. The summed E-state index contributed by atoms with van der Waals surface area (Å²) in [6, 6.07) is 7.49. The second kappa shape index (κ2) is 4.43. The van der Waals surface area contributed by atoms with Crippen molar-refractivity contribution in [3.63, 3.8) is 0 Å². The molecule has 76 valence electrons. The smallest absolute Gasteiger partial charge is 0.259 e. The van der Waals surface area contributed by atoms with Crippen molar-refractivity contribution >= 4 is 12.0 Å².